The molecule has 0 aromatic carbocycles. The Morgan fingerprint density at radius 1 is 1.14 bits per heavy atom. The molecule has 4 aromatic heterocycles. The number of piperidine rings is 1. The van der Waals surface area contributed by atoms with E-state index in [1.54, 1.807) is 0 Å². The number of thiophene rings is 1. The van der Waals surface area contributed by atoms with Gasteiger partial charge in [0.05, 0.1) is 33.7 Å². The lowest BCUT2D eigenvalue weighted by Crippen LogP contribution is -2.35. The second-order valence-electron chi connectivity index (χ2n) is 10.8. The number of likely N-dealkylation sites (tertiary alicyclic amines) is 1. The monoisotopic (exact) mass is 537 g/mol. The number of hydrogen-bond acceptors (Lipinski definition) is 7. The van der Waals surface area contributed by atoms with E-state index >= 15 is 0 Å². The maximum atomic E-state index is 12.9. The summed E-state index contributed by atoms with van der Waals surface area (Å²) in [5.41, 5.74) is 3.47. The number of imidazole rings is 1. The molecule has 1 fully saturated rings. The Hall–Kier alpha value is -3.02. The van der Waals surface area contributed by atoms with Crippen LogP contribution in [-0.2, 0) is 11.5 Å². The van der Waals surface area contributed by atoms with Crippen molar-refractivity contribution in [2.75, 3.05) is 25.0 Å². The molecule has 1 saturated heterocycles. The molecule has 37 heavy (non-hydrogen) atoms. The lowest BCUT2D eigenvalue weighted by Gasteiger charge is -2.26. The maximum Gasteiger partial charge on any atom is 0.263 e. The summed E-state index contributed by atoms with van der Waals surface area (Å²) in [6, 6.07) is 4.97. The lowest BCUT2D eigenvalue weighted by molar-refractivity contribution is 0.0729. The minimum Gasteiger partial charge on any atom is -0.360 e. The SMILES string of the molecule is Cc1cn2c(-c3cnn(COCC[Si](C)(C)C)c3)cnc2c(Nc2ccc(C(=O)N3CCCCC3)s2)n1. The van der Waals surface area contributed by atoms with Gasteiger partial charge >= 0.3 is 0 Å². The fourth-order valence-electron chi connectivity index (χ4n) is 4.40. The van der Waals surface area contributed by atoms with E-state index in [1.165, 1.54) is 17.8 Å². The van der Waals surface area contributed by atoms with E-state index in [0.717, 1.165) is 71.1 Å². The summed E-state index contributed by atoms with van der Waals surface area (Å²) in [7, 11) is -1.11. The van der Waals surface area contributed by atoms with Crippen LogP contribution in [0.25, 0.3) is 16.9 Å². The number of ether oxygens (including phenoxy) is 1. The quantitative estimate of drug-likeness (QED) is 0.219. The molecule has 0 saturated carbocycles. The first-order valence-corrected chi connectivity index (χ1v) is 17.4. The number of aryl methyl sites for hydroxylation is 1. The van der Waals surface area contributed by atoms with Crippen LogP contribution in [0.5, 0.6) is 0 Å². The molecule has 0 radical (unpaired) electrons. The van der Waals surface area contributed by atoms with Crippen molar-refractivity contribution >= 4 is 41.8 Å². The highest BCUT2D eigenvalue weighted by molar-refractivity contribution is 7.18. The smallest absolute Gasteiger partial charge is 0.263 e. The van der Waals surface area contributed by atoms with Gasteiger partial charge in [-0.05, 0) is 44.4 Å². The first-order chi connectivity index (χ1) is 17.8. The fraction of sp³-hybridized carbons (Fsp3) is 0.462. The van der Waals surface area contributed by atoms with Crippen molar-refractivity contribution in [1.82, 2.24) is 29.0 Å². The topological polar surface area (TPSA) is 89.6 Å². The van der Waals surface area contributed by atoms with E-state index in [1.807, 2.05) is 57.8 Å². The standard InChI is InChI=1S/C26H35N7O2SSi/c1-19-16-33-21(20-14-28-32(17-20)18-35-12-13-37(2,3)4)15-27-25(33)24(29-19)30-23-9-8-22(36-23)26(34)31-10-6-5-7-11-31/h8-9,14-17H,5-7,10-13,18H2,1-4H3,(H,29,30). The van der Waals surface area contributed by atoms with Crippen LogP contribution in [0.2, 0.25) is 25.7 Å². The van der Waals surface area contributed by atoms with E-state index in [4.69, 9.17) is 9.72 Å². The van der Waals surface area contributed by atoms with Crippen LogP contribution in [0.3, 0.4) is 0 Å². The highest BCUT2D eigenvalue weighted by Gasteiger charge is 2.20. The minimum absolute atomic E-state index is 0.115. The predicted octanol–water partition coefficient (Wildman–Crippen LogP) is 5.64. The highest BCUT2D eigenvalue weighted by Crippen LogP contribution is 2.30. The van der Waals surface area contributed by atoms with Gasteiger partial charge in [-0.25, -0.2) is 14.6 Å². The second-order valence-corrected chi connectivity index (χ2v) is 17.5. The minimum atomic E-state index is -1.11. The largest absolute Gasteiger partial charge is 0.360 e. The van der Waals surface area contributed by atoms with Crippen molar-refractivity contribution in [3.05, 3.63) is 47.5 Å². The third-order valence-corrected chi connectivity index (χ3v) is 9.16. The molecule has 1 aliphatic rings. The lowest BCUT2D eigenvalue weighted by atomic mass is 10.1. The molecule has 1 N–H and O–H groups in total. The molecule has 0 atom stereocenters. The summed E-state index contributed by atoms with van der Waals surface area (Å²) >= 11 is 1.46. The van der Waals surface area contributed by atoms with Crippen LogP contribution >= 0.6 is 11.3 Å². The van der Waals surface area contributed by atoms with Crippen LogP contribution < -0.4 is 5.32 Å². The van der Waals surface area contributed by atoms with Gasteiger partial charge in [0.15, 0.2) is 11.5 Å². The van der Waals surface area contributed by atoms with Crippen molar-refractivity contribution < 1.29 is 9.53 Å². The van der Waals surface area contributed by atoms with Gasteiger partial charge in [-0.15, -0.1) is 11.3 Å². The average molecular weight is 538 g/mol. The van der Waals surface area contributed by atoms with Crippen LogP contribution in [0.4, 0.5) is 10.8 Å². The second kappa shape index (κ2) is 10.8. The number of carbonyl (C=O) groups is 1. The van der Waals surface area contributed by atoms with E-state index in [9.17, 15) is 4.79 Å². The predicted molar refractivity (Wildman–Crippen MR) is 150 cm³/mol. The van der Waals surface area contributed by atoms with Crippen molar-refractivity contribution in [1.29, 1.82) is 0 Å². The van der Waals surface area contributed by atoms with Crippen molar-refractivity contribution in [3.8, 4) is 11.3 Å². The Morgan fingerprint density at radius 2 is 1.95 bits per heavy atom. The van der Waals surface area contributed by atoms with Crippen LogP contribution in [-0.4, -0.2) is 62.7 Å². The average Bonchev–Trinajstić information content (AvgIpc) is 3.61. The number of nitrogens with one attached hydrogen (secondary N) is 1. The van der Waals surface area contributed by atoms with Gasteiger partial charge in [0.2, 0.25) is 0 Å². The van der Waals surface area contributed by atoms with Crippen LogP contribution in [0.1, 0.15) is 34.6 Å². The number of nitrogens with zero attached hydrogens (tertiary/aromatic N) is 6. The van der Waals surface area contributed by atoms with Gasteiger partial charge in [-0.1, -0.05) is 19.6 Å². The van der Waals surface area contributed by atoms with Gasteiger partial charge in [0.1, 0.15) is 6.73 Å². The van der Waals surface area contributed by atoms with Gasteiger partial charge in [0.25, 0.3) is 5.91 Å². The third kappa shape index (κ3) is 6.11. The zero-order valence-corrected chi connectivity index (χ0v) is 23.8. The number of rotatable bonds is 9. The summed E-state index contributed by atoms with van der Waals surface area (Å²) in [4.78, 5) is 25.0. The molecule has 196 valence electrons. The number of carbonyl (C=O) groups excluding carboxylic acids is 1. The molecular weight excluding hydrogens is 502 g/mol. The molecule has 5 rings (SSSR count). The Morgan fingerprint density at radius 3 is 2.73 bits per heavy atom. The summed E-state index contributed by atoms with van der Waals surface area (Å²) in [6.07, 6.45) is 11.0. The Kier molecular flexibility index (Phi) is 7.45. The summed E-state index contributed by atoms with van der Waals surface area (Å²) in [5, 5.41) is 8.75. The Bertz CT molecular complexity index is 1380. The normalized spacial score (nSPS) is 14.4. The van der Waals surface area contributed by atoms with Gasteiger partial charge in [0, 0.05) is 45.7 Å². The Labute approximate surface area is 222 Å². The summed E-state index contributed by atoms with van der Waals surface area (Å²) < 4.78 is 9.69. The maximum absolute atomic E-state index is 12.9. The van der Waals surface area contributed by atoms with E-state index in [0.29, 0.717) is 12.5 Å². The molecule has 0 bridgehead atoms. The summed E-state index contributed by atoms with van der Waals surface area (Å²) in [6.45, 7) is 11.9. The molecule has 4 aromatic rings. The molecule has 1 amide bonds. The van der Waals surface area contributed by atoms with Gasteiger partial charge < -0.3 is 15.0 Å². The number of fused-ring (bicyclic) bond motifs is 1. The zero-order chi connectivity index (χ0) is 26.0. The molecular formula is C26H35N7O2SSi. The molecule has 5 heterocycles. The first kappa shape index (κ1) is 25.6. The molecule has 1 aliphatic heterocycles. The molecule has 0 spiro atoms. The van der Waals surface area contributed by atoms with Crippen molar-refractivity contribution in [2.24, 2.45) is 0 Å². The number of hydrogen-bond donors (Lipinski definition) is 1. The van der Waals surface area contributed by atoms with E-state index in [-0.39, 0.29) is 5.91 Å². The van der Waals surface area contributed by atoms with Crippen molar-refractivity contribution in [3.63, 3.8) is 0 Å². The summed E-state index contributed by atoms with van der Waals surface area (Å²) in [5.74, 6) is 0.775. The van der Waals surface area contributed by atoms with Gasteiger partial charge in [-0.3, -0.25) is 9.20 Å². The number of amides is 1. The molecule has 9 nitrogen and oxygen atoms in total. The van der Waals surface area contributed by atoms with Crippen LogP contribution in [0, 0.1) is 6.92 Å². The highest BCUT2D eigenvalue weighted by atomic mass is 32.1. The number of anilines is 2. The van der Waals surface area contributed by atoms with Crippen molar-refractivity contribution in [2.45, 2.75) is 58.6 Å². The molecule has 11 heteroatoms. The number of aromatic nitrogens is 5. The molecule has 0 aliphatic carbocycles. The third-order valence-electron chi connectivity index (χ3n) is 6.46. The first-order valence-electron chi connectivity index (χ1n) is 12.9. The zero-order valence-electron chi connectivity index (χ0n) is 22.0. The van der Waals surface area contributed by atoms with E-state index < -0.39 is 8.07 Å². The van der Waals surface area contributed by atoms with Crippen LogP contribution in [0.15, 0.2) is 36.9 Å². The molecule has 0 unspecified atom stereocenters. The van der Waals surface area contributed by atoms with Gasteiger partial charge in [-0.2, -0.15) is 5.10 Å². The fourth-order valence-corrected chi connectivity index (χ4v) is 6.03. The van der Waals surface area contributed by atoms with E-state index in [2.05, 4.69) is 35.0 Å². The Balaban J connectivity index is 1.31.